The largest absolute Gasteiger partial charge is 0.243 e. The second-order valence-electron chi connectivity index (χ2n) is 6.19. The molecule has 22 heavy (non-hydrogen) atoms. The standard InChI is InChI=1S/C17H22BrNO2S/c1-5-14(4)17-16(18)10-13(3)11-19(17)22(20,21)15-8-6-12(2)7-9-15/h1,6-9,13-14,16-17H,10-11H2,2-4H3/t13-,14+,16-,17-/m0/s1. The molecule has 1 saturated heterocycles. The number of terminal acetylenes is 1. The van der Waals surface area contributed by atoms with Gasteiger partial charge in [0.05, 0.1) is 10.9 Å². The van der Waals surface area contributed by atoms with Crippen molar-refractivity contribution in [3.05, 3.63) is 29.8 Å². The highest BCUT2D eigenvalue weighted by molar-refractivity contribution is 9.09. The van der Waals surface area contributed by atoms with Crippen LogP contribution in [0.3, 0.4) is 0 Å². The van der Waals surface area contributed by atoms with Gasteiger partial charge in [-0.25, -0.2) is 8.42 Å². The SMILES string of the molecule is C#C[C@@H](C)[C@H]1[C@@H](Br)C[C@H](C)CN1S(=O)(=O)c1ccc(C)cc1. The molecule has 4 atom stereocenters. The van der Waals surface area contributed by atoms with Crippen LogP contribution in [0, 0.1) is 31.1 Å². The maximum absolute atomic E-state index is 13.1. The Morgan fingerprint density at radius 1 is 1.36 bits per heavy atom. The number of piperidine rings is 1. The molecular formula is C17H22BrNO2S. The van der Waals surface area contributed by atoms with Crippen LogP contribution in [0.4, 0.5) is 0 Å². The summed E-state index contributed by atoms with van der Waals surface area (Å²) in [7, 11) is -3.54. The van der Waals surface area contributed by atoms with E-state index in [4.69, 9.17) is 6.42 Å². The minimum absolute atomic E-state index is 0.0718. The van der Waals surface area contributed by atoms with E-state index in [1.807, 2.05) is 26.0 Å². The second-order valence-corrected chi connectivity index (χ2v) is 9.26. The molecule has 1 aromatic rings. The zero-order valence-electron chi connectivity index (χ0n) is 13.2. The van der Waals surface area contributed by atoms with Gasteiger partial charge >= 0.3 is 0 Å². The van der Waals surface area contributed by atoms with Gasteiger partial charge < -0.3 is 0 Å². The molecule has 1 aromatic carbocycles. The maximum atomic E-state index is 13.1. The van der Waals surface area contributed by atoms with Crippen LogP contribution in [0.15, 0.2) is 29.2 Å². The third-order valence-electron chi connectivity index (χ3n) is 4.23. The third-order valence-corrected chi connectivity index (χ3v) is 7.02. The van der Waals surface area contributed by atoms with E-state index in [1.165, 1.54) is 0 Å². The van der Waals surface area contributed by atoms with Crippen molar-refractivity contribution in [2.45, 2.75) is 43.0 Å². The van der Waals surface area contributed by atoms with Gasteiger partial charge in [0.1, 0.15) is 0 Å². The van der Waals surface area contributed by atoms with Crippen LogP contribution in [-0.4, -0.2) is 30.1 Å². The number of sulfonamides is 1. The van der Waals surface area contributed by atoms with E-state index in [1.54, 1.807) is 16.4 Å². The molecule has 0 bridgehead atoms. The summed E-state index contributed by atoms with van der Waals surface area (Å²) in [6, 6.07) is 6.78. The van der Waals surface area contributed by atoms with Crippen LogP contribution in [0.25, 0.3) is 0 Å². The number of halogens is 1. The van der Waals surface area contributed by atoms with Crippen molar-refractivity contribution in [2.24, 2.45) is 11.8 Å². The number of hydrogen-bond donors (Lipinski definition) is 0. The first-order valence-electron chi connectivity index (χ1n) is 7.46. The van der Waals surface area contributed by atoms with E-state index in [0.29, 0.717) is 17.4 Å². The summed E-state index contributed by atoms with van der Waals surface area (Å²) in [5.74, 6) is 2.86. The van der Waals surface area contributed by atoms with Crippen molar-refractivity contribution >= 4 is 26.0 Å². The van der Waals surface area contributed by atoms with Crippen molar-refractivity contribution in [1.82, 2.24) is 4.31 Å². The normalized spacial score (nSPS) is 28.0. The number of alkyl halides is 1. The summed E-state index contributed by atoms with van der Waals surface area (Å²) in [5.41, 5.74) is 1.04. The summed E-state index contributed by atoms with van der Waals surface area (Å²) < 4.78 is 27.7. The smallest absolute Gasteiger partial charge is 0.207 e. The molecule has 2 rings (SSSR count). The summed E-state index contributed by atoms with van der Waals surface area (Å²) in [4.78, 5) is 0.406. The zero-order valence-corrected chi connectivity index (χ0v) is 15.6. The van der Waals surface area contributed by atoms with Crippen LogP contribution in [-0.2, 0) is 10.0 Å². The van der Waals surface area contributed by atoms with Gasteiger partial charge in [-0.1, -0.05) is 40.5 Å². The molecule has 0 aromatic heterocycles. The van der Waals surface area contributed by atoms with Crippen molar-refractivity contribution in [3.8, 4) is 12.3 Å². The number of benzene rings is 1. The summed E-state index contributed by atoms with van der Waals surface area (Å²) in [6.45, 7) is 6.43. The minimum atomic E-state index is -3.54. The molecule has 120 valence electrons. The predicted molar refractivity (Wildman–Crippen MR) is 93.4 cm³/mol. The molecule has 0 radical (unpaired) electrons. The van der Waals surface area contributed by atoms with E-state index >= 15 is 0 Å². The monoisotopic (exact) mass is 383 g/mol. The molecule has 0 N–H and O–H groups in total. The molecule has 1 aliphatic heterocycles. The fourth-order valence-electron chi connectivity index (χ4n) is 2.97. The van der Waals surface area contributed by atoms with Crippen LogP contribution < -0.4 is 0 Å². The molecule has 0 spiro atoms. The maximum Gasteiger partial charge on any atom is 0.243 e. The highest BCUT2D eigenvalue weighted by Crippen LogP contribution is 2.35. The fraction of sp³-hybridized carbons (Fsp3) is 0.529. The third kappa shape index (κ3) is 3.40. The van der Waals surface area contributed by atoms with Gasteiger partial charge in [-0.05, 0) is 38.3 Å². The molecule has 5 heteroatoms. The molecule has 3 nitrogen and oxygen atoms in total. The first-order valence-corrected chi connectivity index (χ1v) is 9.81. The summed E-state index contributed by atoms with van der Waals surface area (Å²) in [5, 5.41) is 0. The van der Waals surface area contributed by atoms with Crippen LogP contribution in [0.2, 0.25) is 0 Å². The van der Waals surface area contributed by atoms with Gasteiger partial charge in [0.25, 0.3) is 0 Å². The molecule has 0 saturated carbocycles. The van der Waals surface area contributed by atoms with Crippen molar-refractivity contribution in [2.75, 3.05) is 6.54 Å². The molecule has 0 amide bonds. The molecule has 0 unspecified atom stereocenters. The first-order chi connectivity index (χ1) is 10.3. The van der Waals surface area contributed by atoms with Gasteiger partial charge in [-0.3, -0.25) is 0 Å². The lowest BCUT2D eigenvalue weighted by Gasteiger charge is -2.42. The average Bonchev–Trinajstić information content (AvgIpc) is 2.46. The molecule has 1 heterocycles. The van der Waals surface area contributed by atoms with E-state index in [0.717, 1.165) is 12.0 Å². The summed E-state index contributed by atoms with van der Waals surface area (Å²) >= 11 is 3.65. The summed E-state index contributed by atoms with van der Waals surface area (Å²) in [6.07, 6.45) is 6.50. The van der Waals surface area contributed by atoms with E-state index in [9.17, 15) is 8.42 Å². The van der Waals surface area contributed by atoms with Crippen molar-refractivity contribution in [1.29, 1.82) is 0 Å². The number of rotatable bonds is 3. The average molecular weight is 384 g/mol. The quantitative estimate of drug-likeness (QED) is 0.592. The van der Waals surface area contributed by atoms with E-state index in [2.05, 4.69) is 28.8 Å². The zero-order chi connectivity index (χ0) is 16.5. The van der Waals surface area contributed by atoms with Gasteiger partial charge in [0, 0.05) is 17.3 Å². The lowest BCUT2D eigenvalue weighted by Crippen LogP contribution is -2.54. The Morgan fingerprint density at radius 2 is 1.95 bits per heavy atom. The second kappa shape index (κ2) is 6.74. The Kier molecular flexibility index (Phi) is 5.37. The predicted octanol–water partition coefficient (Wildman–Crippen LogP) is 3.43. The van der Waals surface area contributed by atoms with Crippen molar-refractivity contribution in [3.63, 3.8) is 0 Å². The Labute approximate surface area is 142 Å². The molecule has 0 aliphatic carbocycles. The van der Waals surface area contributed by atoms with Gasteiger partial charge in [-0.15, -0.1) is 12.3 Å². The lowest BCUT2D eigenvalue weighted by molar-refractivity contribution is 0.189. The van der Waals surface area contributed by atoms with Gasteiger partial charge in [0.15, 0.2) is 0 Å². The Balaban J connectivity index is 2.45. The lowest BCUT2D eigenvalue weighted by atomic mass is 9.89. The fourth-order valence-corrected chi connectivity index (χ4v) is 6.36. The van der Waals surface area contributed by atoms with Gasteiger partial charge in [-0.2, -0.15) is 4.31 Å². The highest BCUT2D eigenvalue weighted by atomic mass is 79.9. The Morgan fingerprint density at radius 3 is 2.50 bits per heavy atom. The van der Waals surface area contributed by atoms with Crippen LogP contribution in [0.5, 0.6) is 0 Å². The Hall–Kier alpha value is -0.830. The number of aryl methyl sites for hydroxylation is 1. The Bertz CT molecular complexity index is 663. The van der Waals surface area contributed by atoms with E-state index < -0.39 is 10.0 Å². The van der Waals surface area contributed by atoms with Gasteiger partial charge in [0.2, 0.25) is 10.0 Å². The first kappa shape index (κ1) is 17.5. The topological polar surface area (TPSA) is 37.4 Å². The van der Waals surface area contributed by atoms with E-state index in [-0.39, 0.29) is 16.8 Å². The number of hydrogen-bond acceptors (Lipinski definition) is 2. The highest BCUT2D eigenvalue weighted by Gasteiger charge is 2.42. The minimum Gasteiger partial charge on any atom is -0.207 e. The molecular weight excluding hydrogens is 362 g/mol. The molecule has 1 fully saturated rings. The van der Waals surface area contributed by atoms with Crippen LogP contribution >= 0.6 is 15.9 Å². The number of nitrogens with zero attached hydrogens (tertiary/aromatic N) is 1. The molecule has 1 aliphatic rings. The van der Waals surface area contributed by atoms with Crippen LogP contribution in [0.1, 0.15) is 25.8 Å². The van der Waals surface area contributed by atoms with Crippen molar-refractivity contribution < 1.29 is 8.42 Å².